The lowest BCUT2D eigenvalue weighted by molar-refractivity contribution is -0.116. The van der Waals surface area contributed by atoms with Crippen LogP contribution in [0.15, 0.2) is 59.9 Å². The number of benzene rings is 2. The molecule has 0 fully saturated rings. The van der Waals surface area contributed by atoms with E-state index in [0.717, 1.165) is 62.4 Å². The van der Waals surface area contributed by atoms with Gasteiger partial charge in [0.2, 0.25) is 5.91 Å². The molecule has 0 aliphatic carbocycles. The molecule has 0 radical (unpaired) electrons. The van der Waals surface area contributed by atoms with Gasteiger partial charge in [-0.3, -0.25) is 14.4 Å². The Labute approximate surface area is 234 Å². The van der Waals surface area contributed by atoms with Crippen LogP contribution >= 0.6 is 22.9 Å². The van der Waals surface area contributed by atoms with Gasteiger partial charge in [0.05, 0.1) is 12.1 Å². The molecule has 0 unspecified atom stereocenters. The van der Waals surface area contributed by atoms with Crippen molar-refractivity contribution in [2.24, 2.45) is 4.99 Å². The first kappa shape index (κ1) is 24.0. The standard InChI is InChI=1S/C29H24ClN7OS/c1-15-16(2)39-29-25(15)26(18-4-6-20(30)7-5-18)33-23(28-35-34-17(3)37(28)29)13-24(38)32-21-8-9-22-19(12-21)14-36-11-10-31-27(22)36/h4-12,23H,13-14H2,1-3H3,(H,32,38)/t23-/m0/s1. The highest BCUT2D eigenvalue weighted by Crippen LogP contribution is 2.40. The van der Waals surface area contributed by atoms with Crippen LogP contribution in [0.1, 0.15) is 51.2 Å². The van der Waals surface area contributed by atoms with Gasteiger partial charge in [-0.15, -0.1) is 21.5 Å². The van der Waals surface area contributed by atoms with E-state index in [9.17, 15) is 4.79 Å². The van der Waals surface area contributed by atoms with Crippen LogP contribution in [0.5, 0.6) is 0 Å². The quantitative estimate of drug-likeness (QED) is 0.287. The molecule has 1 amide bonds. The molecule has 8 nitrogen and oxygen atoms in total. The van der Waals surface area contributed by atoms with Crippen molar-refractivity contribution < 1.29 is 4.79 Å². The number of aromatic nitrogens is 5. The third-order valence-electron chi connectivity index (χ3n) is 7.42. The summed E-state index contributed by atoms with van der Waals surface area (Å²) in [6.45, 7) is 6.91. The number of carbonyl (C=O) groups is 1. The lowest BCUT2D eigenvalue weighted by Crippen LogP contribution is -2.17. The van der Waals surface area contributed by atoms with Gasteiger partial charge in [0.1, 0.15) is 22.7 Å². The Hall–Kier alpha value is -4.08. The Morgan fingerprint density at radius 2 is 1.95 bits per heavy atom. The fourth-order valence-electron chi connectivity index (χ4n) is 5.41. The average molecular weight is 554 g/mol. The van der Waals surface area contributed by atoms with Crippen molar-refractivity contribution in [1.82, 2.24) is 24.3 Å². The van der Waals surface area contributed by atoms with E-state index in [-0.39, 0.29) is 12.3 Å². The number of nitrogens with zero attached hydrogens (tertiary/aromatic N) is 6. The molecule has 0 saturated heterocycles. The van der Waals surface area contributed by atoms with E-state index in [2.05, 4.69) is 43.5 Å². The summed E-state index contributed by atoms with van der Waals surface area (Å²) in [7, 11) is 0. The third-order valence-corrected chi connectivity index (χ3v) is 8.87. The number of aryl methyl sites for hydroxylation is 2. The molecule has 0 bridgehead atoms. The molecule has 39 heavy (non-hydrogen) atoms. The van der Waals surface area contributed by atoms with Gasteiger partial charge in [0, 0.05) is 51.2 Å². The average Bonchev–Trinajstić information content (AvgIpc) is 3.64. The van der Waals surface area contributed by atoms with Gasteiger partial charge in [-0.2, -0.15) is 0 Å². The van der Waals surface area contributed by atoms with Crippen LogP contribution in [0.4, 0.5) is 5.69 Å². The molecule has 1 N–H and O–H groups in total. The van der Waals surface area contributed by atoms with E-state index < -0.39 is 6.04 Å². The summed E-state index contributed by atoms with van der Waals surface area (Å²) in [5.41, 5.74) is 6.97. The van der Waals surface area contributed by atoms with E-state index >= 15 is 0 Å². The van der Waals surface area contributed by atoms with E-state index in [1.807, 2.05) is 61.8 Å². The molecular weight excluding hydrogens is 530 g/mol. The van der Waals surface area contributed by atoms with E-state index in [0.29, 0.717) is 10.8 Å². The van der Waals surface area contributed by atoms with Gasteiger partial charge < -0.3 is 9.88 Å². The summed E-state index contributed by atoms with van der Waals surface area (Å²) in [5.74, 6) is 2.24. The molecule has 2 aliphatic rings. The minimum Gasteiger partial charge on any atom is -0.327 e. The zero-order valence-corrected chi connectivity index (χ0v) is 23.1. The van der Waals surface area contributed by atoms with Gasteiger partial charge >= 0.3 is 0 Å². The maximum Gasteiger partial charge on any atom is 0.227 e. The molecule has 5 heterocycles. The number of aliphatic imine (C=N–C) groups is 1. The SMILES string of the molecule is Cc1sc2c(c1C)C(c1ccc(Cl)cc1)=N[C@@H](CC(=O)Nc1ccc3c(c1)Cn1ccnc1-3)c1nnc(C)n1-2. The summed E-state index contributed by atoms with van der Waals surface area (Å²) in [4.78, 5) is 24.3. The molecule has 0 spiro atoms. The highest BCUT2D eigenvalue weighted by Gasteiger charge is 2.32. The molecule has 10 heteroatoms. The zero-order chi connectivity index (χ0) is 26.8. The predicted molar refractivity (Wildman–Crippen MR) is 153 cm³/mol. The van der Waals surface area contributed by atoms with Crippen LogP contribution < -0.4 is 5.32 Å². The van der Waals surface area contributed by atoms with Gasteiger partial charge in [0.15, 0.2) is 5.82 Å². The lowest BCUT2D eigenvalue weighted by atomic mass is 9.99. The Kier molecular flexibility index (Phi) is 5.54. The van der Waals surface area contributed by atoms with Crippen molar-refractivity contribution in [2.45, 2.75) is 39.8 Å². The van der Waals surface area contributed by atoms with E-state index in [1.54, 1.807) is 11.3 Å². The maximum atomic E-state index is 13.4. The number of nitrogens with one attached hydrogen (secondary N) is 1. The van der Waals surface area contributed by atoms with Crippen LogP contribution in [0.3, 0.4) is 0 Å². The van der Waals surface area contributed by atoms with Crippen molar-refractivity contribution in [3.05, 3.63) is 98.7 Å². The van der Waals surface area contributed by atoms with Crippen molar-refractivity contribution in [3.63, 3.8) is 0 Å². The number of fused-ring (bicyclic) bond motifs is 6. The molecule has 194 valence electrons. The second-order valence-corrected chi connectivity index (χ2v) is 11.5. The highest BCUT2D eigenvalue weighted by molar-refractivity contribution is 7.15. The van der Waals surface area contributed by atoms with Crippen molar-refractivity contribution in [3.8, 4) is 16.4 Å². The zero-order valence-electron chi connectivity index (χ0n) is 21.6. The molecular formula is C29H24ClN7OS. The number of imidazole rings is 1. The fourth-order valence-corrected chi connectivity index (χ4v) is 6.75. The fraction of sp³-hybridized carbons (Fsp3) is 0.207. The number of thiophene rings is 1. The van der Waals surface area contributed by atoms with Crippen LogP contribution in [0.25, 0.3) is 16.4 Å². The summed E-state index contributed by atoms with van der Waals surface area (Å²) in [5, 5.41) is 13.6. The van der Waals surface area contributed by atoms with Gasteiger partial charge in [-0.05, 0) is 62.2 Å². The summed E-state index contributed by atoms with van der Waals surface area (Å²) >= 11 is 7.90. The number of amides is 1. The normalized spacial score (nSPS) is 15.2. The number of rotatable bonds is 4. The number of hydrogen-bond donors (Lipinski definition) is 1. The Morgan fingerprint density at radius 3 is 2.77 bits per heavy atom. The van der Waals surface area contributed by atoms with Gasteiger partial charge in [0.25, 0.3) is 0 Å². The second kappa shape index (κ2) is 9.00. The Balaban J connectivity index is 1.25. The summed E-state index contributed by atoms with van der Waals surface area (Å²) in [6.07, 6.45) is 3.90. The summed E-state index contributed by atoms with van der Waals surface area (Å²) in [6, 6.07) is 13.1. The number of hydrogen-bond acceptors (Lipinski definition) is 6. The smallest absolute Gasteiger partial charge is 0.227 e. The van der Waals surface area contributed by atoms with Crippen molar-refractivity contribution >= 4 is 40.2 Å². The Morgan fingerprint density at radius 1 is 1.13 bits per heavy atom. The van der Waals surface area contributed by atoms with Gasteiger partial charge in [-0.25, -0.2) is 4.98 Å². The minimum atomic E-state index is -0.518. The predicted octanol–water partition coefficient (Wildman–Crippen LogP) is 6.05. The van der Waals surface area contributed by atoms with Crippen molar-refractivity contribution in [2.75, 3.05) is 5.32 Å². The first-order valence-electron chi connectivity index (χ1n) is 12.7. The number of carbonyl (C=O) groups excluding carboxylic acids is 1. The van der Waals surface area contributed by atoms with E-state index in [1.165, 1.54) is 4.88 Å². The molecule has 5 aromatic rings. The maximum absolute atomic E-state index is 13.4. The number of halogens is 1. The topological polar surface area (TPSA) is 90.0 Å². The first-order valence-corrected chi connectivity index (χ1v) is 13.9. The first-order chi connectivity index (χ1) is 18.9. The van der Waals surface area contributed by atoms with Crippen LogP contribution in [0, 0.1) is 20.8 Å². The highest BCUT2D eigenvalue weighted by atomic mass is 35.5. The lowest BCUT2D eigenvalue weighted by Gasteiger charge is -2.13. The molecule has 3 aromatic heterocycles. The molecule has 2 aliphatic heterocycles. The molecule has 2 aromatic carbocycles. The van der Waals surface area contributed by atoms with Crippen LogP contribution in [0.2, 0.25) is 5.02 Å². The third kappa shape index (κ3) is 3.92. The number of anilines is 1. The summed E-state index contributed by atoms with van der Waals surface area (Å²) < 4.78 is 4.16. The van der Waals surface area contributed by atoms with Crippen molar-refractivity contribution in [1.29, 1.82) is 0 Å². The van der Waals surface area contributed by atoms with Crippen LogP contribution in [-0.2, 0) is 11.3 Å². The minimum absolute atomic E-state index is 0.126. The van der Waals surface area contributed by atoms with E-state index in [4.69, 9.17) is 16.6 Å². The molecule has 0 saturated carbocycles. The Bertz CT molecular complexity index is 1810. The largest absolute Gasteiger partial charge is 0.327 e. The van der Waals surface area contributed by atoms with Crippen LogP contribution in [-0.4, -0.2) is 35.9 Å². The molecule has 1 atom stereocenters. The van der Waals surface area contributed by atoms with Gasteiger partial charge in [-0.1, -0.05) is 23.7 Å². The monoisotopic (exact) mass is 553 g/mol. The second-order valence-electron chi connectivity index (χ2n) is 9.91. The molecule has 7 rings (SSSR count).